The van der Waals surface area contributed by atoms with Crippen LogP contribution in [0.4, 0.5) is 0 Å². The summed E-state index contributed by atoms with van der Waals surface area (Å²) in [6.45, 7) is 4.38. The third-order valence-corrected chi connectivity index (χ3v) is 4.52. The van der Waals surface area contributed by atoms with Crippen molar-refractivity contribution in [2.45, 2.75) is 50.6 Å². The molecule has 0 spiro atoms. The quantitative estimate of drug-likeness (QED) is 0.657. The second-order valence-corrected chi connectivity index (χ2v) is 5.82. The largest absolute Gasteiger partial charge is 0.382 e. The van der Waals surface area contributed by atoms with E-state index in [4.69, 9.17) is 9.47 Å². The molecule has 0 aromatic rings. The van der Waals surface area contributed by atoms with Crippen LogP contribution in [0, 0.1) is 5.92 Å². The van der Waals surface area contributed by atoms with E-state index < -0.39 is 0 Å². The first-order valence-electron chi connectivity index (χ1n) is 7.95. The molecule has 1 aliphatic heterocycles. The van der Waals surface area contributed by atoms with Crippen molar-refractivity contribution < 1.29 is 9.47 Å². The molecular weight excluding hydrogens is 240 g/mol. The van der Waals surface area contributed by atoms with Crippen molar-refractivity contribution in [2.75, 3.05) is 40.0 Å². The number of methoxy groups -OCH3 is 1. The van der Waals surface area contributed by atoms with E-state index in [1.54, 1.807) is 7.11 Å². The van der Waals surface area contributed by atoms with Gasteiger partial charge < -0.3 is 20.1 Å². The van der Waals surface area contributed by atoms with E-state index in [0.29, 0.717) is 19.3 Å². The number of piperidine rings is 1. The van der Waals surface area contributed by atoms with Crippen LogP contribution in [0.2, 0.25) is 0 Å². The van der Waals surface area contributed by atoms with Gasteiger partial charge in [0.2, 0.25) is 0 Å². The maximum Gasteiger partial charge on any atom is 0.0700 e. The topological polar surface area (TPSA) is 42.5 Å². The fraction of sp³-hybridized carbons (Fsp3) is 1.00. The normalized spacial score (nSPS) is 31.7. The summed E-state index contributed by atoms with van der Waals surface area (Å²) in [7, 11) is 1.71. The van der Waals surface area contributed by atoms with Gasteiger partial charge in [-0.15, -0.1) is 0 Å². The second-order valence-electron chi connectivity index (χ2n) is 5.82. The Bertz CT molecular complexity index is 232. The Morgan fingerprint density at radius 3 is 2.79 bits per heavy atom. The molecule has 4 heteroatoms. The van der Waals surface area contributed by atoms with Crippen molar-refractivity contribution in [3.63, 3.8) is 0 Å². The molecule has 1 heterocycles. The number of ether oxygens (including phenoxy) is 2. The lowest BCUT2D eigenvalue weighted by atomic mass is 9.88. The third-order valence-electron chi connectivity index (χ3n) is 4.52. The molecule has 1 saturated carbocycles. The van der Waals surface area contributed by atoms with Crippen molar-refractivity contribution in [2.24, 2.45) is 5.92 Å². The van der Waals surface area contributed by atoms with Gasteiger partial charge in [0, 0.05) is 25.7 Å². The minimum atomic E-state index is 0.693. The van der Waals surface area contributed by atoms with Gasteiger partial charge in [-0.25, -0.2) is 0 Å². The van der Waals surface area contributed by atoms with Crippen LogP contribution < -0.4 is 10.6 Å². The van der Waals surface area contributed by atoms with E-state index >= 15 is 0 Å². The first-order chi connectivity index (χ1) is 9.42. The van der Waals surface area contributed by atoms with E-state index in [1.165, 1.54) is 45.1 Å². The standard InChI is InChI=1S/C15H30N2O2/c1-18-11-12-19-10-9-17-15-7-4-5-13(15)14-6-2-3-8-16-14/h13-17H,2-12H2,1H3. The zero-order chi connectivity index (χ0) is 13.3. The summed E-state index contributed by atoms with van der Waals surface area (Å²) in [4.78, 5) is 0. The van der Waals surface area contributed by atoms with Gasteiger partial charge in [0.15, 0.2) is 0 Å². The molecule has 112 valence electrons. The highest BCUT2D eigenvalue weighted by molar-refractivity contribution is 4.92. The molecule has 0 bridgehead atoms. The summed E-state index contributed by atoms with van der Waals surface area (Å²) in [5.74, 6) is 0.833. The predicted octanol–water partition coefficient (Wildman–Crippen LogP) is 1.55. The summed E-state index contributed by atoms with van der Waals surface area (Å²) in [5, 5.41) is 7.42. The Balaban J connectivity index is 1.61. The van der Waals surface area contributed by atoms with Gasteiger partial charge in [-0.2, -0.15) is 0 Å². The summed E-state index contributed by atoms with van der Waals surface area (Å²) in [6.07, 6.45) is 8.23. The predicted molar refractivity (Wildman–Crippen MR) is 77.5 cm³/mol. The number of rotatable bonds is 8. The lowest BCUT2D eigenvalue weighted by molar-refractivity contribution is 0.0701. The highest BCUT2D eigenvalue weighted by Crippen LogP contribution is 2.31. The molecule has 0 aromatic heterocycles. The number of hydrogen-bond acceptors (Lipinski definition) is 4. The summed E-state index contributed by atoms with van der Waals surface area (Å²) < 4.78 is 10.5. The van der Waals surface area contributed by atoms with Crippen LogP contribution in [-0.4, -0.2) is 52.1 Å². The minimum Gasteiger partial charge on any atom is -0.382 e. The molecule has 19 heavy (non-hydrogen) atoms. The fourth-order valence-corrected chi connectivity index (χ4v) is 3.53. The first kappa shape index (κ1) is 15.2. The summed E-state index contributed by atoms with van der Waals surface area (Å²) in [5.41, 5.74) is 0. The van der Waals surface area contributed by atoms with Crippen LogP contribution in [0.5, 0.6) is 0 Å². The molecule has 2 aliphatic rings. The van der Waals surface area contributed by atoms with Gasteiger partial charge in [-0.3, -0.25) is 0 Å². The molecule has 2 fully saturated rings. The lowest BCUT2D eigenvalue weighted by Gasteiger charge is -2.33. The van der Waals surface area contributed by atoms with Crippen LogP contribution in [0.15, 0.2) is 0 Å². The zero-order valence-electron chi connectivity index (χ0n) is 12.3. The molecule has 2 rings (SSSR count). The number of hydrogen-bond donors (Lipinski definition) is 2. The molecule has 3 unspecified atom stereocenters. The Labute approximate surface area is 117 Å². The van der Waals surface area contributed by atoms with Gasteiger partial charge in [0.05, 0.1) is 19.8 Å². The average molecular weight is 270 g/mol. The molecule has 2 N–H and O–H groups in total. The van der Waals surface area contributed by atoms with Crippen molar-refractivity contribution in [3.8, 4) is 0 Å². The van der Waals surface area contributed by atoms with Crippen molar-refractivity contribution in [1.82, 2.24) is 10.6 Å². The van der Waals surface area contributed by atoms with Gasteiger partial charge >= 0.3 is 0 Å². The average Bonchev–Trinajstić information content (AvgIpc) is 2.92. The van der Waals surface area contributed by atoms with Crippen molar-refractivity contribution in [3.05, 3.63) is 0 Å². The maximum atomic E-state index is 5.51. The Hall–Kier alpha value is -0.160. The Morgan fingerprint density at radius 1 is 1.05 bits per heavy atom. The minimum absolute atomic E-state index is 0.693. The smallest absolute Gasteiger partial charge is 0.0700 e. The Morgan fingerprint density at radius 2 is 2.00 bits per heavy atom. The maximum absolute atomic E-state index is 5.51. The molecule has 1 aliphatic carbocycles. The molecule has 4 nitrogen and oxygen atoms in total. The van der Waals surface area contributed by atoms with Crippen molar-refractivity contribution >= 4 is 0 Å². The highest BCUT2D eigenvalue weighted by Gasteiger charge is 2.33. The van der Waals surface area contributed by atoms with Gasteiger partial charge in [-0.1, -0.05) is 12.8 Å². The van der Waals surface area contributed by atoms with E-state index in [1.807, 2.05) is 0 Å². The molecular formula is C15H30N2O2. The van der Waals surface area contributed by atoms with Crippen LogP contribution in [0.1, 0.15) is 38.5 Å². The van der Waals surface area contributed by atoms with E-state index in [0.717, 1.165) is 25.1 Å². The summed E-state index contributed by atoms with van der Waals surface area (Å²) in [6, 6.07) is 1.45. The molecule has 3 atom stereocenters. The van der Waals surface area contributed by atoms with Crippen molar-refractivity contribution in [1.29, 1.82) is 0 Å². The molecule has 0 amide bonds. The van der Waals surface area contributed by atoms with E-state index in [9.17, 15) is 0 Å². The second kappa shape index (κ2) is 8.90. The number of nitrogens with one attached hydrogen (secondary N) is 2. The highest BCUT2D eigenvalue weighted by atomic mass is 16.5. The van der Waals surface area contributed by atoms with E-state index in [-0.39, 0.29) is 0 Å². The van der Waals surface area contributed by atoms with Crippen LogP contribution in [0.3, 0.4) is 0 Å². The Kier molecular flexibility index (Phi) is 7.14. The SMILES string of the molecule is COCCOCCNC1CCCC1C1CCCCN1. The van der Waals surface area contributed by atoms with Gasteiger partial charge in [-0.05, 0) is 38.1 Å². The van der Waals surface area contributed by atoms with Crippen LogP contribution in [-0.2, 0) is 9.47 Å². The zero-order valence-corrected chi connectivity index (χ0v) is 12.3. The summed E-state index contributed by atoms with van der Waals surface area (Å²) >= 11 is 0. The van der Waals surface area contributed by atoms with E-state index in [2.05, 4.69) is 10.6 Å². The monoisotopic (exact) mass is 270 g/mol. The molecule has 1 saturated heterocycles. The lowest BCUT2D eigenvalue weighted by Crippen LogP contribution is -2.47. The first-order valence-corrected chi connectivity index (χ1v) is 7.95. The van der Waals surface area contributed by atoms with Gasteiger partial charge in [0.25, 0.3) is 0 Å². The molecule has 0 radical (unpaired) electrons. The fourth-order valence-electron chi connectivity index (χ4n) is 3.53. The molecule has 0 aromatic carbocycles. The van der Waals surface area contributed by atoms with Crippen LogP contribution >= 0.6 is 0 Å². The van der Waals surface area contributed by atoms with Crippen LogP contribution in [0.25, 0.3) is 0 Å². The third kappa shape index (κ3) is 5.03. The van der Waals surface area contributed by atoms with Gasteiger partial charge in [0.1, 0.15) is 0 Å².